The number of carbonyl (C=O) groups excluding carboxylic acids is 2. The van der Waals surface area contributed by atoms with Gasteiger partial charge in [-0.05, 0) is 42.4 Å². The van der Waals surface area contributed by atoms with Gasteiger partial charge in [-0.15, -0.1) is 12.4 Å². The van der Waals surface area contributed by atoms with E-state index in [9.17, 15) is 9.59 Å². The third-order valence-corrected chi connectivity index (χ3v) is 4.07. The van der Waals surface area contributed by atoms with Crippen LogP contribution in [-0.2, 0) is 22.4 Å². The van der Waals surface area contributed by atoms with Crippen molar-refractivity contribution in [2.24, 2.45) is 11.7 Å². The number of halogens is 1. The first kappa shape index (κ1) is 20.5. The van der Waals surface area contributed by atoms with Crippen molar-refractivity contribution in [2.45, 2.75) is 52.0 Å². The number of hydrogen-bond donors (Lipinski definition) is 3. The molecule has 0 spiro atoms. The smallest absolute Gasteiger partial charge is 0.228 e. The molecule has 2 rings (SSSR count). The molecule has 0 bridgehead atoms. The summed E-state index contributed by atoms with van der Waals surface area (Å²) >= 11 is 0. The third kappa shape index (κ3) is 6.13. The van der Waals surface area contributed by atoms with Gasteiger partial charge in [0.15, 0.2) is 0 Å². The third-order valence-electron chi connectivity index (χ3n) is 4.07. The van der Waals surface area contributed by atoms with Gasteiger partial charge in [0.25, 0.3) is 0 Å². The monoisotopic (exact) mass is 353 g/mol. The summed E-state index contributed by atoms with van der Waals surface area (Å²) in [5, 5.41) is 5.84. The van der Waals surface area contributed by atoms with Crippen LogP contribution in [0.4, 0.5) is 5.69 Å². The second-order valence-corrected chi connectivity index (χ2v) is 6.70. The van der Waals surface area contributed by atoms with E-state index in [2.05, 4.69) is 30.5 Å². The molecule has 5 nitrogen and oxygen atoms in total. The molecule has 0 saturated carbocycles. The van der Waals surface area contributed by atoms with Gasteiger partial charge in [-0.2, -0.15) is 0 Å². The van der Waals surface area contributed by atoms with Crippen LogP contribution in [0.25, 0.3) is 0 Å². The zero-order valence-corrected chi connectivity index (χ0v) is 15.2. The van der Waals surface area contributed by atoms with E-state index in [0.29, 0.717) is 25.3 Å². The van der Waals surface area contributed by atoms with Crippen LogP contribution in [0.1, 0.15) is 44.2 Å². The van der Waals surface area contributed by atoms with E-state index in [1.165, 1.54) is 5.56 Å². The van der Waals surface area contributed by atoms with Gasteiger partial charge in [-0.25, -0.2) is 0 Å². The number of carbonyl (C=O) groups is 2. The molecule has 0 aromatic heterocycles. The van der Waals surface area contributed by atoms with Crippen LogP contribution in [0, 0.1) is 5.92 Å². The minimum atomic E-state index is 0. The Hall–Kier alpha value is -1.59. The maximum absolute atomic E-state index is 12.0. The highest BCUT2D eigenvalue weighted by Gasteiger charge is 2.17. The molecule has 6 heteroatoms. The van der Waals surface area contributed by atoms with Crippen molar-refractivity contribution in [3.05, 3.63) is 29.3 Å². The van der Waals surface area contributed by atoms with Gasteiger partial charge in [-0.3, -0.25) is 9.59 Å². The summed E-state index contributed by atoms with van der Waals surface area (Å²) in [7, 11) is 0. The second kappa shape index (κ2) is 9.64. The van der Waals surface area contributed by atoms with Crippen molar-refractivity contribution in [3.63, 3.8) is 0 Å². The number of fused-ring (bicyclic) bond motifs is 1. The van der Waals surface area contributed by atoms with Gasteiger partial charge in [0.2, 0.25) is 11.8 Å². The maximum Gasteiger partial charge on any atom is 0.228 e. The fourth-order valence-corrected chi connectivity index (χ4v) is 2.97. The molecule has 134 valence electrons. The van der Waals surface area contributed by atoms with E-state index >= 15 is 0 Å². The highest BCUT2D eigenvalue weighted by molar-refractivity contribution is 5.99. The molecular weight excluding hydrogens is 326 g/mol. The van der Waals surface area contributed by atoms with Crippen LogP contribution >= 0.6 is 12.4 Å². The van der Waals surface area contributed by atoms with E-state index in [1.54, 1.807) is 0 Å². The summed E-state index contributed by atoms with van der Waals surface area (Å²) < 4.78 is 0. The van der Waals surface area contributed by atoms with E-state index in [0.717, 1.165) is 30.5 Å². The predicted octanol–water partition coefficient (Wildman–Crippen LogP) is 2.42. The number of benzene rings is 1. The molecule has 0 radical (unpaired) electrons. The Balaban J connectivity index is 0.00000288. The lowest BCUT2D eigenvalue weighted by Gasteiger charge is -2.18. The average molecular weight is 354 g/mol. The standard InChI is InChI=1S/C18H27N3O2.ClH/c1-12(2)8-15(11-19)20-17(22)5-3-4-13-6-7-16-14(9-13)10-18(23)21-16;/h6-7,9,12,15H,3-5,8,10-11,19H2,1-2H3,(H,20,22)(H,21,23);1H. The molecule has 24 heavy (non-hydrogen) atoms. The van der Waals surface area contributed by atoms with Gasteiger partial charge in [0.1, 0.15) is 0 Å². The van der Waals surface area contributed by atoms with Crippen molar-refractivity contribution in [3.8, 4) is 0 Å². The van der Waals surface area contributed by atoms with Crippen molar-refractivity contribution < 1.29 is 9.59 Å². The average Bonchev–Trinajstić information content (AvgIpc) is 2.85. The first-order valence-electron chi connectivity index (χ1n) is 8.39. The molecule has 0 aliphatic carbocycles. The summed E-state index contributed by atoms with van der Waals surface area (Å²) in [6.45, 7) is 4.74. The fourth-order valence-electron chi connectivity index (χ4n) is 2.97. The van der Waals surface area contributed by atoms with Crippen LogP contribution in [0.2, 0.25) is 0 Å². The topological polar surface area (TPSA) is 84.2 Å². The van der Waals surface area contributed by atoms with Crippen molar-refractivity contribution >= 4 is 29.9 Å². The lowest BCUT2D eigenvalue weighted by molar-refractivity contribution is -0.122. The lowest BCUT2D eigenvalue weighted by atomic mass is 10.0. The Kier molecular flexibility index (Phi) is 8.22. The van der Waals surface area contributed by atoms with E-state index in [4.69, 9.17) is 5.73 Å². The molecule has 0 fully saturated rings. The SMILES string of the molecule is CC(C)CC(CN)NC(=O)CCCc1ccc2c(c1)CC(=O)N2.Cl. The molecular formula is C18H28ClN3O2. The molecule has 1 aromatic carbocycles. The van der Waals surface area contributed by atoms with Crippen LogP contribution in [0.3, 0.4) is 0 Å². The Morgan fingerprint density at radius 2 is 2.12 bits per heavy atom. The summed E-state index contributed by atoms with van der Waals surface area (Å²) in [5.41, 5.74) is 8.84. The van der Waals surface area contributed by atoms with Crippen molar-refractivity contribution in [2.75, 3.05) is 11.9 Å². The Bertz CT molecular complexity index is 575. The Morgan fingerprint density at radius 1 is 1.38 bits per heavy atom. The number of aryl methyl sites for hydroxylation is 1. The van der Waals surface area contributed by atoms with Crippen LogP contribution in [0.15, 0.2) is 18.2 Å². The van der Waals surface area contributed by atoms with E-state index in [1.807, 2.05) is 12.1 Å². The zero-order chi connectivity index (χ0) is 16.8. The predicted molar refractivity (Wildman–Crippen MR) is 99.4 cm³/mol. The quantitative estimate of drug-likeness (QED) is 0.671. The molecule has 4 N–H and O–H groups in total. The van der Waals surface area contributed by atoms with Gasteiger partial charge in [0, 0.05) is 24.7 Å². The minimum Gasteiger partial charge on any atom is -0.352 e. The van der Waals surface area contributed by atoms with Gasteiger partial charge < -0.3 is 16.4 Å². The van der Waals surface area contributed by atoms with Gasteiger partial charge in [0.05, 0.1) is 6.42 Å². The highest BCUT2D eigenvalue weighted by atomic mass is 35.5. The highest BCUT2D eigenvalue weighted by Crippen LogP contribution is 2.24. The molecule has 0 saturated heterocycles. The van der Waals surface area contributed by atoms with Crippen LogP contribution < -0.4 is 16.4 Å². The van der Waals surface area contributed by atoms with E-state index < -0.39 is 0 Å². The first-order chi connectivity index (χ1) is 11.0. The summed E-state index contributed by atoms with van der Waals surface area (Å²) in [6, 6.07) is 6.10. The molecule has 2 amide bonds. The molecule has 1 aliphatic rings. The number of rotatable bonds is 8. The molecule has 1 heterocycles. The Labute approximate surface area is 150 Å². The number of anilines is 1. The number of nitrogens with one attached hydrogen (secondary N) is 2. The van der Waals surface area contributed by atoms with Crippen molar-refractivity contribution in [1.29, 1.82) is 0 Å². The second-order valence-electron chi connectivity index (χ2n) is 6.70. The number of hydrogen-bond acceptors (Lipinski definition) is 3. The Morgan fingerprint density at radius 3 is 2.79 bits per heavy atom. The minimum absolute atomic E-state index is 0. The summed E-state index contributed by atoms with van der Waals surface area (Å²) in [5.74, 6) is 0.639. The summed E-state index contributed by atoms with van der Waals surface area (Å²) in [4.78, 5) is 23.3. The molecule has 1 aromatic rings. The normalized spacial score (nSPS) is 13.9. The van der Waals surface area contributed by atoms with E-state index in [-0.39, 0.29) is 30.3 Å². The summed E-state index contributed by atoms with van der Waals surface area (Å²) in [6.07, 6.45) is 3.51. The van der Waals surface area contributed by atoms with Gasteiger partial charge in [-0.1, -0.05) is 26.0 Å². The molecule has 1 aliphatic heterocycles. The maximum atomic E-state index is 12.0. The fraction of sp³-hybridized carbons (Fsp3) is 0.556. The lowest BCUT2D eigenvalue weighted by Crippen LogP contribution is -2.40. The number of amides is 2. The number of nitrogens with two attached hydrogens (primary N) is 1. The molecule has 1 atom stereocenters. The zero-order valence-electron chi connectivity index (χ0n) is 14.4. The van der Waals surface area contributed by atoms with Crippen LogP contribution in [0.5, 0.6) is 0 Å². The van der Waals surface area contributed by atoms with Gasteiger partial charge >= 0.3 is 0 Å². The van der Waals surface area contributed by atoms with Crippen LogP contribution in [-0.4, -0.2) is 24.4 Å². The molecule has 1 unspecified atom stereocenters. The van der Waals surface area contributed by atoms with Crippen molar-refractivity contribution in [1.82, 2.24) is 5.32 Å². The largest absolute Gasteiger partial charge is 0.352 e. The first-order valence-corrected chi connectivity index (χ1v) is 8.39.